The highest BCUT2D eigenvalue weighted by atomic mass is 19.1. The molecule has 1 heterocycles. The van der Waals surface area contributed by atoms with Crippen LogP contribution in [-0.2, 0) is 0 Å². The largest absolute Gasteiger partial charge is 0.307 e. The van der Waals surface area contributed by atoms with Crippen LogP contribution in [0.4, 0.5) is 10.2 Å². The van der Waals surface area contributed by atoms with Crippen molar-refractivity contribution in [2.24, 2.45) is 0 Å². The molecule has 2 rings (SSSR count). The number of amides is 1. The lowest BCUT2D eigenvalue weighted by Gasteiger charge is -2.04. The summed E-state index contributed by atoms with van der Waals surface area (Å²) in [5.41, 5.74) is 0.611. The maximum absolute atomic E-state index is 12.9. The number of pyridine rings is 1. The number of rotatable bonds is 2. The minimum absolute atomic E-state index is 0.209. The van der Waals surface area contributed by atoms with Gasteiger partial charge in [0, 0.05) is 11.8 Å². The van der Waals surface area contributed by atoms with Crippen molar-refractivity contribution < 1.29 is 9.18 Å². The lowest BCUT2D eigenvalue weighted by Crippen LogP contribution is -2.13. The van der Waals surface area contributed by atoms with E-state index in [0.717, 1.165) is 6.07 Å². The number of nitriles is 1. The quantitative estimate of drug-likeness (QED) is 0.877. The molecule has 0 radical (unpaired) electrons. The molecule has 4 nitrogen and oxygen atoms in total. The first-order valence-electron chi connectivity index (χ1n) is 5.12. The zero-order chi connectivity index (χ0) is 13.0. The normalized spacial score (nSPS) is 9.56. The molecule has 1 amide bonds. The van der Waals surface area contributed by atoms with Gasteiger partial charge in [-0.25, -0.2) is 9.37 Å². The zero-order valence-electron chi connectivity index (χ0n) is 9.22. The topological polar surface area (TPSA) is 65.8 Å². The van der Waals surface area contributed by atoms with E-state index in [2.05, 4.69) is 10.3 Å². The summed E-state index contributed by atoms with van der Waals surface area (Å²) in [6.45, 7) is 0. The van der Waals surface area contributed by atoms with Gasteiger partial charge in [0.05, 0.1) is 5.56 Å². The molecule has 0 bridgehead atoms. The minimum Gasteiger partial charge on any atom is -0.307 e. The van der Waals surface area contributed by atoms with Crippen LogP contribution in [0, 0.1) is 17.1 Å². The van der Waals surface area contributed by atoms with Gasteiger partial charge in [-0.05, 0) is 30.3 Å². The van der Waals surface area contributed by atoms with Crippen LogP contribution in [-0.4, -0.2) is 10.9 Å². The van der Waals surface area contributed by atoms with Crippen LogP contribution < -0.4 is 5.32 Å². The number of carbonyl (C=O) groups excluding carboxylic acids is 1. The van der Waals surface area contributed by atoms with E-state index in [9.17, 15) is 9.18 Å². The molecule has 0 fully saturated rings. The lowest BCUT2D eigenvalue weighted by atomic mass is 10.2. The molecule has 0 spiro atoms. The third-order valence-electron chi connectivity index (χ3n) is 2.22. The molecular weight excluding hydrogens is 233 g/mol. The summed E-state index contributed by atoms with van der Waals surface area (Å²) in [5, 5.41) is 11.1. The molecule has 0 aliphatic rings. The molecule has 5 heteroatoms. The number of carbonyl (C=O) groups is 1. The summed E-state index contributed by atoms with van der Waals surface area (Å²) in [5.74, 6) is -0.620. The van der Waals surface area contributed by atoms with Crippen molar-refractivity contribution in [3.8, 4) is 6.07 Å². The Morgan fingerprint density at radius 2 is 2.17 bits per heavy atom. The molecule has 0 aliphatic carbocycles. The van der Waals surface area contributed by atoms with Gasteiger partial charge in [0.15, 0.2) is 0 Å². The Balaban J connectivity index is 2.14. The monoisotopic (exact) mass is 241 g/mol. The number of hydrogen-bond donors (Lipinski definition) is 1. The van der Waals surface area contributed by atoms with Gasteiger partial charge in [-0.15, -0.1) is 0 Å². The molecule has 0 unspecified atom stereocenters. The number of hydrogen-bond acceptors (Lipinski definition) is 3. The van der Waals surface area contributed by atoms with Crippen LogP contribution in [0.1, 0.15) is 15.9 Å². The van der Waals surface area contributed by atoms with Crippen LogP contribution >= 0.6 is 0 Å². The van der Waals surface area contributed by atoms with Gasteiger partial charge in [0.2, 0.25) is 0 Å². The molecular formula is C13H8FN3O. The SMILES string of the molecule is N#Cc1ccc(NC(=O)c2cccc(F)c2)nc1. The predicted molar refractivity (Wildman–Crippen MR) is 63.3 cm³/mol. The average Bonchev–Trinajstić information content (AvgIpc) is 2.39. The molecule has 2 aromatic rings. The molecule has 1 N–H and O–H groups in total. The summed E-state index contributed by atoms with van der Waals surface area (Å²) in [6.07, 6.45) is 1.35. The standard InChI is InChI=1S/C13H8FN3O/c14-11-3-1-2-10(6-11)13(18)17-12-5-4-9(7-15)8-16-12/h1-6,8H,(H,16,17,18). The van der Waals surface area contributed by atoms with Crippen molar-refractivity contribution in [2.75, 3.05) is 5.32 Å². The molecule has 88 valence electrons. The van der Waals surface area contributed by atoms with Gasteiger partial charge in [0.1, 0.15) is 17.7 Å². The van der Waals surface area contributed by atoms with Crippen LogP contribution in [0.15, 0.2) is 42.6 Å². The summed E-state index contributed by atoms with van der Waals surface area (Å²) in [4.78, 5) is 15.6. The Morgan fingerprint density at radius 3 is 2.78 bits per heavy atom. The van der Waals surface area contributed by atoms with E-state index < -0.39 is 11.7 Å². The number of benzene rings is 1. The van der Waals surface area contributed by atoms with Crippen molar-refractivity contribution in [1.29, 1.82) is 5.26 Å². The fourth-order valence-corrected chi connectivity index (χ4v) is 1.35. The summed E-state index contributed by atoms with van der Waals surface area (Å²) in [6, 6.07) is 10.3. The van der Waals surface area contributed by atoms with Gasteiger partial charge in [0.25, 0.3) is 5.91 Å². The van der Waals surface area contributed by atoms with Crippen molar-refractivity contribution >= 4 is 11.7 Å². The van der Waals surface area contributed by atoms with Gasteiger partial charge < -0.3 is 5.32 Å². The highest BCUT2D eigenvalue weighted by molar-refractivity contribution is 6.03. The first-order valence-corrected chi connectivity index (χ1v) is 5.12. The molecule has 0 atom stereocenters. The van der Waals surface area contributed by atoms with E-state index in [0.29, 0.717) is 11.4 Å². The van der Waals surface area contributed by atoms with E-state index >= 15 is 0 Å². The predicted octanol–water partition coefficient (Wildman–Crippen LogP) is 2.34. The summed E-state index contributed by atoms with van der Waals surface area (Å²) in [7, 11) is 0. The molecule has 18 heavy (non-hydrogen) atoms. The van der Waals surface area contributed by atoms with Gasteiger partial charge in [-0.2, -0.15) is 5.26 Å². The number of anilines is 1. The van der Waals surface area contributed by atoms with Crippen molar-refractivity contribution in [3.05, 3.63) is 59.5 Å². The van der Waals surface area contributed by atoms with Gasteiger partial charge in [-0.1, -0.05) is 6.07 Å². The second-order valence-electron chi connectivity index (χ2n) is 3.51. The molecule has 0 saturated carbocycles. The smallest absolute Gasteiger partial charge is 0.256 e. The lowest BCUT2D eigenvalue weighted by molar-refractivity contribution is 0.102. The van der Waals surface area contributed by atoms with E-state index in [1.165, 1.54) is 36.5 Å². The minimum atomic E-state index is -0.476. The molecule has 1 aromatic carbocycles. The number of nitrogens with one attached hydrogen (secondary N) is 1. The van der Waals surface area contributed by atoms with E-state index in [4.69, 9.17) is 5.26 Å². The summed E-state index contributed by atoms with van der Waals surface area (Å²) < 4.78 is 12.9. The third kappa shape index (κ3) is 2.68. The Bertz CT molecular complexity index is 617. The average molecular weight is 241 g/mol. The Labute approximate surface area is 103 Å². The van der Waals surface area contributed by atoms with Crippen LogP contribution in [0.25, 0.3) is 0 Å². The second-order valence-corrected chi connectivity index (χ2v) is 3.51. The van der Waals surface area contributed by atoms with Gasteiger partial charge in [-0.3, -0.25) is 4.79 Å². The molecule has 1 aromatic heterocycles. The highest BCUT2D eigenvalue weighted by Crippen LogP contribution is 2.08. The maximum atomic E-state index is 12.9. The maximum Gasteiger partial charge on any atom is 0.256 e. The number of halogens is 1. The Morgan fingerprint density at radius 1 is 1.33 bits per heavy atom. The second kappa shape index (κ2) is 5.06. The van der Waals surface area contributed by atoms with E-state index in [-0.39, 0.29) is 5.56 Å². The summed E-state index contributed by atoms with van der Waals surface area (Å²) >= 11 is 0. The van der Waals surface area contributed by atoms with E-state index in [1.807, 2.05) is 6.07 Å². The zero-order valence-corrected chi connectivity index (χ0v) is 9.22. The fraction of sp³-hybridized carbons (Fsp3) is 0. The number of aromatic nitrogens is 1. The van der Waals surface area contributed by atoms with Gasteiger partial charge >= 0.3 is 0 Å². The Kier molecular flexibility index (Phi) is 3.30. The third-order valence-corrected chi connectivity index (χ3v) is 2.22. The van der Waals surface area contributed by atoms with E-state index in [1.54, 1.807) is 0 Å². The highest BCUT2D eigenvalue weighted by Gasteiger charge is 2.07. The van der Waals surface area contributed by atoms with Crippen LogP contribution in [0.2, 0.25) is 0 Å². The first-order chi connectivity index (χ1) is 8.69. The first kappa shape index (κ1) is 11.7. The van der Waals surface area contributed by atoms with Crippen molar-refractivity contribution in [3.63, 3.8) is 0 Å². The van der Waals surface area contributed by atoms with Crippen molar-refractivity contribution in [1.82, 2.24) is 4.98 Å². The molecule has 0 aliphatic heterocycles. The molecule has 0 saturated heterocycles. The Hall–Kier alpha value is -2.74. The fourth-order valence-electron chi connectivity index (χ4n) is 1.35. The van der Waals surface area contributed by atoms with Crippen LogP contribution in [0.3, 0.4) is 0 Å². The number of nitrogens with zero attached hydrogens (tertiary/aromatic N) is 2. The van der Waals surface area contributed by atoms with Crippen LogP contribution in [0.5, 0.6) is 0 Å². The van der Waals surface area contributed by atoms with Crippen molar-refractivity contribution in [2.45, 2.75) is 0 Å².